The van der Waals surface area contributed by atoms with Crippen LogP contribution in [-0.4, -0.2) is 29.6 Å². The van der Waals surface area contributed by atoms with E-state index in [2.05, 4.69) is 0 Å². The lowest BCUT2D eigenvalue weighted by atomic mass is 10.2. The molecule has 0 saturated heterocycles. The van der Waals surface area contributed by atoms with Crippen LogP contribution >= 0.6 is 0 Å². The molecule has 1 aromatic heterocycles. The van der Waals surface area contributed by atoms with E-state index < -0.39 is 6.10 Å². The highest BCUT2D eigenvalue weighted by molar-refractivity contribution is 5.96. The summed E-state index contributed by atoms with van der Waals surface area (Å²) in [4.78, 5) is 26.1. The van der Waals surface area contributed by atoms with Gasteiger partial charge in [0, 0.05) is 31.0 Å². The fraction of sp³-hybridized carbons (Fsp3) is 0.238. The molecule has 0 aliphatic heterocycles. The number of nitrogens with zero attached hydrogens (tertiary/aromatic N) is 2. The number of benzene rings is 2. The molecule has 0 spiro atoms. The molecule has 2 aromatic carbocycles. The van der Waals surface area contributed by atoms with Gasteiger partial charge in [-0.15, -0.1) is 0 Å². The minimum atomic E-state index is -0.825. The molecule has 5 nitrogen and oxygen atoms in total. The highest BCUT2D eigenvalue weighted by Crippen LogP contribution is 2.16. The Kier molecular flexibility index (Phi) is 5.37. The van der Waals surface area contributed by atoms with Crippen LogP contribution in [0.15, 0.2) is 66.9 Å². The van der Waals surface area contributed by atoms with Crippen LogP contribution < -0.4 is 4.90 Å². The van der Waals surface area contributed by atoms with Gasteiger partial charge in [-0.1, -0.05) is 36.4 Å². The van der Waals surface area contributed by atoms with Crippen LogP contribution in [0.1, 0.15) is 13.3 Å². The Bertz CT molecular complexity index is 902. The SMILES string of the molecule is CC(OC(=O)CCn1ccc2ccccc21)C(=O)N(C)c1ccccc1. The molecule has 26 heavy (non-hydrogen) atoms. The third-order valence-corrected chi connectivity index (χ3v) is 4.37. The Labute approximate surface area is 152 Å². The maximum Gasteiger partial charge on any atom is 0.308 e. The molecule has 1 heterocycles. The lowest BCUT2D eigenvalue weighted by molar-refractivity contribution is -0.154. The number of para-hydroxylation sites is 2. The summed E-state index contributed by atoms with van der Waals surface area (Å²) in [7, 11) is 1.67. The summed E-state index contributed by atoms with van der Waals surface area (Å²) in [6.07, 6.45) is 1.34. The molecule has 1 amide bonds. The third kappa shape index (κ3) is 3.94. The highest BCUT2D eigenvalue weighted by atomic mass is 16.5. The summed E-state index contributed by atoms with van der Waals surface area (Å²) in [6.45, 7) is 2.12. The Balaban J connectivity index is 1.55. The molecule has 0 aliphatic rings. The van der Waals surface area contributed by atoms with Crippen LogP contribution in [0.2, 0.25) is 0 Å². The molecule has 3 aromatic rings. The molecule has 1 atom stereocenters. The molecule has 134 valence electrons. The molecule has 0 N–H and O–H groups in total. The van der Waals surface area contributed by atoms with Gasteiger partial charge in [-0.25, -0.2) is 0 Å². The Morgan fingerprint density at radius 2 is 1.73 bits per heavy atom. The van der Waals surface area contributed by atoms with Crippen molar-refractivity contribution in [3.8, 4) is 0 Å². The highest BCUT2D eigenvalue weighted by Gasteiger charge is 2.22. The van der Waals surface area contributed by atoms with Gasteiger partial charge in [0.05, 0.1) is 6.42 Å². The van der Waals surface area contributed by atoms with Gasteiger partial charge in [0.25, 0.3) is 5.91 Å². The van der Waals surface area contributed by atoms with Gasteiger partial charge in [0.2, 0.25) is 0 Å². The zero-order valence-corrected chi connectivity index (χ0v) is 15.0. The average molecular weight is 350 g/mol. The molecule has 5 heteroatoms. The van der Waals surface area contributed by atoms with Crippen molar-refractivity contribution in [2.24, 2.45) is 0 Å². The second kappa shape index (κ2) is 7.87. The standard InChI is InChI=1S/C21H22N2O3/c1-16(21(25)22(2)18-9-4-3-5-10-18)26-20(24)13-15-23-14-12-17-8-6-7-11-19(17)23/h3-12,14,16H,13,15H2,1-2H3. The van der Waals surface area contributed by atoms with Gasteiger partial charge in [0.1, 0.15) is 0 Å². The Hall–Kier alpha value is -3.08. The number of carbonyl (C=O) groups is 2. The molecular weight excluding hydrogens is 328 g/mol. The van der Waals surface area contributed by atoms with Crippen molar-refractivity contribution >= 4 is 28.5 Å². The Morgan fingerprint density at radius 3 is 2.50 bits per heavy atom. The number of hydrogen-bond acceptors (Lipinski definition) is 3. The van der Waals surface area contributed by atoms with Gasteiger partial charge in [-0.3, -0.25) is 9.59 Å². The first-order chi connectivity index (χ1) is 12.6. The number of aryl methyl sites for hydroxylation is 1. The largest absolute Gasteiger partial charge is 0.452 e. The predicted molar refractivity (Wildman–Crippen MR) is 102 cm³/mol. The third-order valence-electron chi connectivity index (χ3n) is 4.37. The molecule has 1 unspecified atom stereocenters. The first-order valence-electron chi connectivity index (χ1n) is 8.62. The number of rotatable bonds is 6. The van der Waals surface area contributed by atoms with E-state index in [1.165, 1.54) is 4.90 Å². The van der Waals surface area contributed by atoms with Gasteiger partial charge in [-0.05, 0) is 36.6 Å². The van der Waals surface area contributed by atoms with Crippen LogP contribution in [0.4, 0.5) is 5.69 Å². The van der Waals surface area contributed by atoms with Gasteiger partial charge in [0.15, 0.2) is 6.10 Å². The number of fused-ring (bicyclic) bond motifs is 1. The average Bonchev–Trinajstić information content (AvgIpc) is 3.09. The molecule has 3 rings (SSSR count). The van der Waals surface area contributed by atoms with Gasteiger partial charge >= 0.3 is 5.97 Å². The van der Waals surface area contributed by atoms with E-state index in [9.17, 15) is 9.59 Å². The van der Waals surface area contributed by atoms with Crippen molar-refractivity contribution in [3.63, 3.8) is 0 Å². The minimum Gasteiger partial charge on any atom is -0.452 e. The van der Waals surface area contributed by atoms with Crippen LogP contribution in [-0.2, 0) is 20.9 Å². The molecular formula is C21H22N2O3. The molecule has 0 bridgehead atoms. The number of anilines is 1. The van der Waals surface area contributed by atoms with E-state index in [1.807, 2.05) is 71.4 Å². The number of hydrogen-bond donors (Lipinski definition) is 0. The zero-order valence-electron chi connectivity index (χ0n) is 15.0. The molecule has 0 aliphatic carbocycles. The number of carbonyl (C=O) groups excluding carboxylic acids is 2. The lowest BCUT2D eigenvalue weighted by Crippen LogP contribution is -2.37. The fourth-order valence-electron chi connectivity index (χ4n) is 2.91. The molecule has 0 fully saturated rings. The van der Waals surface area contributed by atoms with Crippen molar-refractivity contribution in [1.82, 2.24) is 4.57 Å². The summed E-state index contributed by atoms with van der Waals surface area (Å²) < 4.78 is 7.33. The van der Waals surface area contributed by atoms with Gasteiger partial charge in [-0.2, -0.15) is 0 Å². The quantitative estimate of drug-likeness (QED) is 0.638. The maximum absolute atomic E-state index is 12.4. The maximum atomic E-state index is 12.4. The first-order valence-corrected chi connectivity index (χ1v) is 8.62. The van der Waals surface area contributed by atoms with E-state index in [4.69, 9.17) is 4.74 Å². The van der Waals surface area contributed by atoms with Crippen molar-refractivity contribution in [3.05, 3.63) is 66.9 Å². The lowest BCUT2D eigenvalue weighted by Gasteiger charge is -2.21. The van der Waals surface area contributed by atoms with Crippen molar-refractivity contribution in [2.75, 3.05) is 11.9 Å². The van der Waals surface area contributed by atoms with Crippen LogP contribution in [0.5, 0.6) is 0 Å². The normalized spacial score (nSPS) is 11.9. The number of amides is 1. The summed E-state index contributed by atoms with van der Waals surface area (Å²) >= 11 is 0. The van der Waals surface area contributed by atoms with Crippen molar-refractivity contribution in [2.45, 2.75) is 26.0 Å². The fourth-order valence-corrected chi connectivity index (χ4v) is 2.91. The van der Waals surface area contributed by atoms with E-state index in [-0.39, 0.29) is 18.3 Å². The van der Waals surface area contributed by atoms with Crippen molar-refractivity contribution in [1.29, 1.82) is 0 Å². The van der Waals surface area contributed by atoms with Gasteiger partial charge < -0.3 is 14.2 Å². The van der Waals surface area contributed by atoms with Crippen LogP contribution in [0.3, 0.4) is 0 Å². The molecule has 0 saturated carbocycles. The summed E-state index contributed by atoms with van der Waals surface area (Å²) in [5.74, 6) is -0.638. The second-order valence-corrected chi connectivity index (χ2v) is 6.18. The summed E-state index contributed by atoms with van der Waals surface area (Å²) in [5, 5.41) is 1.13. The zero-order chi connectivity index (χ0) is 18.5. The number of ether oxygens (including phenoxy) is 1. The van der Waals surface area contributed by atoms with Crippen LogP contribution in [0.25, 0.3) is 10.9 Å². The Morgan fingerprint density at radius 1 is 1.04 bits per heavy atom. The minimum absolute atomic E-state index is 0.214. The van der Waals surface area contributed by atoms with Crippen molar-refractivity contribution < 1.29 is 14.3 Å². The van der Waals surface area contributed by atoms with E-state index >= 15 is 0 Å². The number of aromatic nitrogens is 1. The first kappa shape index (κ1) is 17.7. The topological polar surface area (TPSA) is 51.5 Å². The summed E-state index contributed by atoms with van der Waals surface area (Å²) in [5.41, 5.74) is 1.84. The predicted octanol–water partition coefficient (Wildman–Crippen LogP) is 3.63. The van der Waals surface area contributed by atoms with E-state index in [1.54, 1.807) is 14.0 Å². The van der Waals surface area contributed by atoms with Crippen LogP contribution in [0, 0.1) is 0 Å². The summed E-state index contributed by atoms with van der Waals surface area (Å²) in [6, 6.07) is 19.3. The second-order valence-electron chi connectivity index (χ2n) is 6.18. The molecule has 0 radical (unpaired) electrons. The van der Waals surface area contributed by atoms with E-state index in [0.717, 1.165) is 16.6 Å². The smallest absolute Gasteiger partial charge is 0.308 e. The number of esters is 1. The monoisotopic (exact) mass is 350 g/mol. The van der Waals surface area contributed by atoms with E-state index in [0.29, 0.717) is 6.54 Å². The number of likely N-dealkylation sites (N-methyl/N-ethyl adjacent to an activating group) is 1.